The van der Waals surface area contributed by atoms with Crippen LogP contribution in [0, 0.1) is 0 Å². The SMILES string of the molecule is CNC(c1ccccc1Cl)c1c(Cl)cnn1CCOC. The predicted octanol–water partition coefficient (Wildman–Crippen LogP) is 3.15. The lowest BCUT2D eigenvalue weighted by atomic mass is 10.0. The van der Waals surface area contributed by atoms with E-state index in [1.807, 2.05) is 36.0 Å². The number of halogens is 2. The molecule has 2 aromatic rings. The van der Waals surface area contributed by atoms with E-state index in [-0.39, 0.29) is 6.04 Å². The Kier molecular flexibility index (Phi) is 5.43. The average Bonchev–Trinajstić information content (AvgIpc) is 2.81. The summed E-state index contributed by atoms with van der Waals surface area (Å²) in [4.78, 5) is 0. The van der Waals surface area contributed by atoms with E-state index in [4.69, 9.17) is 27.9 Å². The molecule has 0 amide bonds. The first kappa shape index (κ1) is 15.3. The maximum atomic E-state index is 6.29. The summed E-state index contributed by atoms with van der Waals surface area (Å²) in [6, 6.07) is 7.59. The quantitative estimate of drug-likeness (QED) is 0.890. The van der Waals surface area contributed by atoms with Crippen molar-refractivity contribution >= 4 is 23.2 Å². The van der Waals surface area contributed by atoms with Gasteiger partial charge in [-0.3, -0.25) is 4.68 Å². The van der Waals surface area contributed by atoms with Gasteiger partial charge in [0.2, 0.25) is 0 Å². The number of nitrogens with one attached hydrogen (secondary N) is 1. The van der Waals surface area contributed by atoms with Gasteiger partial charge in [0.05, 0.1) is 36.1 Å². The summed E-state index contributed by atoms with van der Waals surface area (Å²) < 4.78 is 6.95. The normalized spacial score (nSPS) is 12.6. The molecule has 108 valence electrons. The van der Waals surface area contributed by atoms with Gasteiger partial charge < -0.3 is 10.1 Å². The third-order valence-corrected chi connectivity index (χ3v) is 3.75. The second-order valence-corrected chi connectivity index (χ2v) is 5.15. The minimum atomic E-state index is -0.115. The first-order chi connectivity index (χ1) is 9.69. The fraction of sp³-hybridized carbons (Fsp3) is 0.357. The molecular weight excluding hydrogens is 297 g/mol. The lowest BCUT2D eigenvalue weighted by Crippen LogP contribution is -2.23. The predicted molar refractivity (Wildman–Crippen MR) is 81.5 cm³/mol. The van der Waals surface area contributed by atoms with E-state index in [0.717, 1.165) is 11.3 Å². The maximum absolute atomic E-state index is 6.29. The lowest BCUT2D eigenvalue weighted by Gasteiger charge is -2.20. The van der Waals surface area contributed by atoms with Crippen LogP contribution in [0.25, 0.3) is 0 Å². The van der Waals surface area contributed by atoms with Gasteiger partial charge in [0, 0.05) is 12.1 Å². The van der Waals surface area contributed by atoms with Crippen LogP contribution >= 0.6 is 23.2 Å². The molecular formula is C14H17Cl2N3O. The van der Waals surface area contributed by atoms with Crippen LogP contribution in [0.15, 0.2) is 30.5 Å². The van der Waals surface area contributed by atoms with Crippen LogP contribution in [0.4, 0.5) is 0 Å². The van der Waals surface area contributed by atoms with Crippen LogP contribution in [0.3, 0.4) is 0 Å². The van der Waals surface area contributed by atoms with E-state index < -0.39 is 0 Å². The molecule has 0 radical (unpaired) electrons. The van der Waals surface area contributed by atoms with Gasteiger partial charge in [0.1, 0.15) is 0 Å². The highest BCUT2D eigenvalue weighted by atomic mass is 35.5. The number of hydrogen-bond donors (Lipinski definition) is 1. The molecule has 0 aliphatic carbocycles. The minimum absolute atomic E-state index is 0.115. The number of aromatic nitrogens is 2. The molecule has 1 heterocycles. The highest BCUT2D eigenvalue weighted by Gasteiger charge is 2.22. The number of benzene rings is 1. The number of methoxy groups -OCH3 is 1. The molecule has 1 atom stereocenters. The van der Waals surface area contributed by atoms with Crippen LogP contribution in [0.5, 0.6) is 0 Å². The number of ether oxygens (including phenoxy) is 1. The Labute approximate surface area is 128 Å². The second kappa shape index (κ2) is 7.09. The van der Waals surface area contributed by atoms with Crippen LogP contribution in [-0.2, 0) is 11.3 Å². The smallest absolute Gasteiger partial charge is 0.0837 e. The molecule has 1 N–H and O–H groups in total. The highest BCUT2D eigenvalue weighted by molar-refractivity contribution is 6.32. The molecule has 0 aliphatic rings. The van der Waals surface area contributed by atoms with Gasteiger partial charge in [-0.2, -0.15) is 5.10 Å². The Morgan fingerprint density at radius 1 is 1.30 bits per heavy atom. The number of rotatable bonds is 6. The molecule has 0 saturated carbocycles. The van der Waals surface area contributed by atoms with Gasteiger partial charge in [-0.1, -0.05) is 41.4 Å². The van der Waals surface area contributed by atoms with Gasteiger partial charge in [-0.25, -0.2) is 0 Å². The number of hydrogen-bond acceptors (Lipinski definition) is 3. The molecule has 0 bridgehead atoms. The van der Waals surface area contributed by atoms with Crippen molar-refractivity contribution in [3.63, 3.8) is 0 Å². The summed E-state index contributed by atoms with van der Waals surface area (Å²) in [7, 11) is 3.53. The standard InChI is InChI=1S/C14H17Cl2N3O/c1-17-13(10-5-3-4-6-11(10)15)14-12(16)9-18-19(14)7-8-20-2/h3-6,9,13,17H,7-8H2,1-2H3. The van der Waals surface area contributed by atoms with E-state index in [1.165, 1.54) is 0 Å². The summed E-state index contributed by atoms with van der Waals surface area (Å²) in [5, 5.41) is 8.86. The summed E-state index contributed by atoms with van der Waals surface area (Å²) in [6.07, 6.45) is 1.65. The van der Waals surface area contributed by atoms with Crippen molar-refractivity contribution in [2.45, 2.75) is 12.6 Å². The van der Waals surface area contributed by atoms with Crippen LogP contribution in [-0.4, -0.2) is 30.5 Å². The molecule has 0 fully saturated rings. The number of nitrogens with zero attached hydrogens (tertiary/aromatic N) is 2. The fourth-order valence-corrected chi connectivity index (χ4v) is 2.66. The van der Waals surface area contributed by atoms with E-state index in [0.29, 0.717) is 23.2 Å². The zero-order chi connectivity index (χ0) is 14.5. The van der Waals surface area contributed by atoms with E-state index in [2.05, 4.69) is 10.4 Å². The van der Waals surface area contributed by atoms with Gasteiger partial charge in [-0.05, 0) is 18.7 Å². The van der Waals surface area contributed by atoms with Crippen molar-refractivity contribution in [3.05, 3.63) is 51.8 Å². The topological polar surface area (TPSA) is 39.1 Å². The maximum Gasteiger partial charge on any atom is 0.0837 e. The lowest BCUT2D eigenvalue weighted by molar-refractivity contribution is 0.182. The van der Waals surface area contributed by atoms with Crippen molar-refractivity contribution in [1.29, 1.82) is 0 Å². The minimum Gasteiger partial charge on any atom is -0.383 e. The average molecular weight is 314 g/mol. The van der Waals surface area contributed by atoms with Crippen molar-refractivity contribution in [3.8, 4) is 0 Å². The first-order valence-electron chi connectivity index (χ1n) is 6.30. The zero-order valence-corrected chi connectivity index (χ0v) is 12.9. The molecule has 0 saturated heterocycles. The Balaban J connectivity index is 2.42. The molecule has 1 aromatic carbocycles. The highest BCUT2D eigenvalue weighted by Crippen LogP contribution is 2.31. The van der Waals surface area contributed by atoms with Crippen LogP contribution < -0.4 is 5.32 Å². The zero-order valence-electron chi connectivity index (χ0n) is 11.4. The van der Waals surface area contributed by atoms with Crippen molar-refractivity contribution in [2.75, 3.05) is 20.8 Å². The van der Waals surface area contributed by atoms with E-state index in [9.17, 15) is 0 Å². The Morgan fingerprint density at radius 2 is 2.05 bits per heavy atom. The molecule has 0 aliphatic heterocycles. The largest absolute Gasteiger partial charge is 0.383 e. The van der Waals surface area contributed by atoms with Gasteiger partial charge in [-0.15, -0.1) is 0 Å². The van der Waals surface area contributed by atoms with Gasteiger partial charge >= 0.3 is 0 Å². The van der Waals surface area contributed by atoms with Gasteiger partial charge in [0.25, 0.3) is 0 Å². The Hall–Kier alpha value is -1.07. The van der Waals surface area contributed by atoms with Crippen molar-refractivity contribution in [1.82, 2.24) is 15.1 Å². The molecule has 1 aromatic heterocycles. The second-order valence-electron chi connectivity index (χ2n) is 4.34. The van der Waals surface area contributed by atoms with Gasteiger partial charge in [0.15, 0.2) is 0 Å². The van der Waals surface area contributed by atoms with Crippen LogP contribution in [0.2, 0.25) is 10.0 Å². The molecule has 4 nitrogen and oxygen atoms in total. The van der Waals surface area contributed by atoms with E-state index in [1.54, 1.807) is 13.3 Å². The molecule has 20 heavy (non-hydrogen) atoms. The third kappa shape index (κ3) is 3.15. The first-order valence-corrected chi connectivity index (χ1v) is 7.06. The summed E-state index contributed by atoms with van der Waals surface area (Å²) >= 11 is 12.6. The van der Waals surface area contributed by atoms with Crippen molar-refractivity contribution in [2.24, 2.45) is 0 Å². The third-order valence-electron chi connectivity index (χ3n) is 3.12. The van der Waals surface area contributed by atoms with Crippen molar-refractivity contribution < 1.29 is 4.74 Å². The summed E-state index contributed by atoms with van der Waals surface area (Å²) in [5.41, 5.74) is 1.86. The molecule has 6 heteroatoms. The fourth-order valence-electron chi connectivity index (χ4n) is 2.16. The van der Waals surface area contributed by atoms with E-state index >= 15 is 0 Å². The molecule has 1 unspecified atom stereocenters. The summed E-state index contributed by atoms with van der Waals surface area (Å²) in [5.74, 6) is 0. The molecule has 2 rings (SSSR count). The summed E-state index contributed by atoms with van der Waals surface area (Å²) in [6.45, 7) is 1.21. The molecule has 0 spiro atoms. The monoisotopic (exact) mass is 313 g/mol. The Bertz CT molecular complexity index is 571. The Morgan fingerprint density at radius 3 is 2.70 bits per heavy atom. The van der Waals surface area contributed by atoms with Crippen LogP contribution in [0.1, 0.15) is 17.3 Å².